The number of aliphatic hydroxyl groups is 1. The van der Waals surface area contributed by atoms with Crippen LogP contribution in [0.25, 0.3) is 11.4 Å². The van der Waals surface area contributed by atoms with Crippen molar-refractivity contribution in [3.05, 3.63) is 72.1 Å². The first-order valence-electron chi connectivity index (χ1n) is 8.98. The largest absolute Gasteiger partial charge is 0.487 e. The maximum atomic E-state index is 11.8. The molecule has 1 heterocycles. The van der Waals surface area contributed by atoms with E-state index in [0.717, 1.165) is 6.26 Å². The standard InChI is InChI=1S/C21H20N2O6S/c1-30(27,28)17-7-4-6-15(11-17)20-22-10-9-16(23-20)13-29-19-8-3-2-5-14(19)12-18(24)21(25)26/h2-11,18,24H,12-13H2,1H3,(H,25,26)/t18-/m0/s1. The van der Waals surface area contributed by atoms with Gasteiger partial charge in [-0.25, -0.2) is 23.2 Å². The Kier molecular flexibility index (Phi) is 6.43. The number of ether oxygens (including phenoxy) is 1. The zero-order chi connectivity index (χ0) is 21.7. The molecule has 0 saturated heterocycles. The second-order valence-corrected chi connectivity index (χ2v) is 8.64. The number of para-hydroxylation sites is 1. The van der Waals surface area contributed by atoms with Crippen molar-refractivity contribution in [3.63, 3.8) is 0 Å². The number of carboxylic acids is 1. The summed E-state index contributed by atoms with van der Waals surface area (Å²) in [5.41, 5.74) is 1.67. The minimum Gasteiger partial charge on any atom is -0.487 e. The summed E-state index contributed by atoms with van der Waals surface area (Å²) in [5, 5.41) is 18.5. The summed E-state index contributed by atoms with van der Waals surface area (Å²) in [4.78, 5) is 19.7. The Morgan fingerprint density at radius 3 is 2.63 bits per heavy atom. The third-order valence-corrected chi connectivity index (χ3v) is 5.39. The van der Waals surface area contributed by atoms with Crippen LogP contribution >= 0.6 is 0 Å². The van der Waals surface area contributed by atoms with E-state index in [2.05, 4.69) is 9.97 Å². The summed E-state index contributed by atoms with van der Waals surface area (Å²) in [6.07, 6.45) is 1.07. The Morgan fingerprint density at radius 2 is 1.90 bits per heavy atom. The predicted octanol–water partition coefficient (Wildman–Crippen LogP) is 2.11. The normalized spacial score (nSPS) is 12.3. The van der Waals surface area contributed by atoms with E-state index in [9.17, 15) is 18.3 Å². The minimum absolute atomic E-state index is 0.0845. The fourth-order valence-corrected chi connectivity index (χ4v) is 3.41. The third kappa shape index (κ3) is 5.40. The van der Waals surface area contributed by atoms with Gasteiger partial charge in [-0.15, -0.1) is 0 Å². The molecule has 0 aliphatic heterocycles. The number of aliphatic carboxylic acids is 1. The van der Waals surface area contributed by atoms with Crippen LogP contribution in [0.4, 0.5) is 0 Å². The highest BCUT2D eigenvalue weighted by atomic mass is 32.2. The number of rotatable bonds is 8. The van der Waals surface area contributed by atoms with Gasteiger partial charge in [0, 0.05) is 24.4 Å². The van der Waals surface area contributed by atoms with Crippen molar-refractivity contribution >= 4 is 15.8 Å². The second-order valence-electron chi connectivity index (χ2n) is 6.63. The molecule has 1 atom stereocenters. The lowest BCUT2D eigenvalue weighted by Crippen LogP contribution is -2.22. The first-order valence-corrected chi connectivity index (χ1v) is 10.9. The van der Waals surface area contributed by atoms with Gasteiger partial charge in [-0.1, -0.05) is 30.3 Å². The Balaban J connectivity index is 1.79. The lowest BCUT2D eigenvalue weighted by Gasteiger charge is -2.13. The van der Waals surface area contributed by atoms with Gasteiger partial charge in [-0.3, -0.25) is 0 Å². The van der Waals surface area contributed by atoms with E-state index in [-0.39, 0.29) is 17.9 Å². The van der Waals surface area contributed by atoms with Gasteiger partial charge < -0.3 is 14.9 Å². The lowest BCUT2D eigenvalue weighted by molar-refractivity contribution is -0.146. The van der Waals surface area contributed by atoms with Crippen molar-refractivity contribution in [2.45, 2.75) is 24.0 Å². The zero-order valence-corrected chi connectivity index (χ0v) is 16.9. The Hall–Kier alpha value is -3.30. The summed E-state index contributed by atoms with van der Waals surface area (Å²) in [6, 6.07) is 14.9. The fraction of sp³-hybridized carbons (Fsp3) is 0.190. The number of benzene rings is 2. The fourth-order valence-electron chi connectivity index (χ4n) is 2.74. The number of nitrogens with zero attached hydrogens (tertiary/aromatic N) is 2. The third-order valence-electron chi connectivity index (χ3n) is 4.28. The molecule has 30 heavy (non-hydrogen) atoms. The lowest BCUT2D eigenvalue weighted by atomic mass is 10.1. The molecule has 0 unspecified atom stereocenters. The van der Waals surface area contributed by atoms with E-state index in [0.29, 0.717) is 28.4 Å². The average molecular weight is 428 g/mol. The SMILES string of the molecule is CS(=O)(=O)c1cccc(-c2nccc(COc3ccccc3C[C@H](O)C(=O)O)n2)c1. The summed E-state index contributed by atoms with van der Waals surface area (Å²) >= 11 is 0. The Bertz CT molecular complexity index is 1160. The van der Waals surface area contributed by atoms with Gasteiger partial charge in [0.2, 0.25) is 0 Å². The molecule has 156 valence electrons. The Morgan fingerprint density at radius 1 is 1.13 bits per heavy atom. The van der Waals surface area contributed by atoms with E-state index in [1.807, 2.05) is 0 Å². The molecule has 1 aromatic heterocycles. The first-order chi connectivity index (χ1) is 14.2. The molecule has 0 aliphatic rings. The molecule has 3 aromatic rings. The summed E-state index contributed by atoms with van der Waals surface area (Å²) in [6.45, 7) is 0.0848. The quantitative estimate of drug-likeness (QED) is 0.559. The van der Waals surface area contributed by atoms with Gasteiger partial charge in [0.1, 0.15) is 12.4 Å². The van der Waals surface area contributed by atoms with E-state index in [1.165, 1.54) is 12.1 Å². The summed E-state index contributed by atoms with van der Waals surface area (Å²) in [7, 11) is -3.35. The molecular formula is C21H20N2O6S. The predicted molar refractivity (Wildman–Crippen MR) is 109 cm³/mol. The van der Waals surface area contributed by atoms with Crippen LogP contribution in [0.2, 0.25) is 0 Å². The zero-order valence-electron chi connectivity index (χ0n) is 16.1. The topological polar surface area (TPSA) is 127 Å². The molecule has 0 spiro atoms. The van der Waals surface area contributed by atoms with Gasteiger partial charge in [-0.2, -0.15) is 0 Å². The van der Waals surface area contributed by atoms with Crippen LogP contribution in [0.3, 0.4) is 0 Å². The monoisotopic (exact) mass is 428 g/mol. The van der Waals surface area contributed by atoms with E-state index < -0.39 is 21.9 Å². The number of sulfone groups is 1. The molecule has 0 bridgehead atoms. The van der Waals surface area contributed by atoms with E-state index in [1.54, 1.807) is 48.7 Å². The number of hydrogen-bond acceptors (Lipinski definition) is 7. The average Bonchev–Trinajstić information content (AvgIpc) is 2.73. The van der Waals surface area contributed by atoms with E-state index >= 15 is 0 Å². The summed E-state index contributed by atoms with van der Waals surface area (Å²) in [5.74, 6) is -0.505. The van der Waals surface area contributed by atoms with Crippen molar-refractivity contribution in [3.8, 4) is 17.1 Å². The maximum absolute atomic E-state index is 11.8. The van der Waals surface area contributed by atoms with Crippen molar-refractivity contribution in [2.75, 3.05) is 6.26 Å². The number of aromatic nitrogens is 2. The molecule has 0 amide bonds. The van der Waals surface area contributed by atoms with Gasteiger partial charge in [0.15, 0.2) is 21.8 Å². The van der Waals surface area contributed by atoms with Crippen LogP contribution in [0.5, 0.6) is 5.75 Å². The molecule has 8 nitrogen and oxygen atoms in total. The van der Waals surface area contributed by atoms with Crippen LogP contribution in [0, 0.1) is 0 Å². The van der Waals surface area contributed by atoms with Crippen molar-refractivity contribution in [2.24, 2.45) is 0 Å². The first kappa shape index (κ1) is 21.4. The summed E-state index contributed by atoms with van der Waals surface area (Å²) < 4.78 is 29.3. The maximum Gasteiger partial charge on any atom is 0.332 e. The van der Waals surface area contributed by atoms with Gasteiger partial charge in [-0.05, 0) is 29.8 Å². The molecule has 9 heteroatoms. The van der Waals surface area contributed by atoms with Crippen LogP contribution in [0.1, 0.15) is 11.3 Å². The van der Waals surface area contributed by atoms with Crippen LogP contribution in [-0.2, 0) is 27.7 Å². The van der Waals surface area contributed by atoms with Crippen LogP contribution in [-0.4, -0.2) is 46.9 Å². The molecule has 0 saturated carbocycles. The molecule has 2 N–H and O–H groups in total. The molecule has 0 radical (unpaired) electrons. The highest BCUT2D eigenvalue weighted by Crippen LogP contribution is 2.22. The molecule has 3 rings (SSSR count). The highest BCUT2D eigenvalue weighted by Gasteiger charge is 2.16. The highest BCUT2D eigenvalue weighted by molar-refractivity contribution is 7.90. The van der Waals surface area contributed by atoms with Gasteiger partial charge >= 0.3 is 5.97 Å². The minimum atomic E-state index is -3.35. The van der Waals surface area contributed by atoms with Gasteiger partial charge in [0.25, 0.3) is 0 Å². The van der Waals surface area contributed by atoms with Gasteiger partial charge in [0.05, 0.1) is 10.6 Å². The second kappa shape index (κ2) is 9.02. The number of hydrogen-bond donors (Lipinski definition) is 2. The van der Waals surface area contributed by atoms with Crippen LogP contribution in [0.15, 0.2) is 65.7 Å². The molecule has 0 fully saturated rings. The number of carboxylic acid groups (broad SMARTS) is 1. The van der Waals surface area contributed by atoms with Crippen molar-refractivity contribution < 1.29 is 28.2 Å². The Labute approximate surface area is 173 Å². The van der Waals surface area contributed by atoms with E-state index in [4.69, 9.17) is 9.84 Å². The molecule has 2 aromatic carbocycles. The van der Waals surface area contributed by atoms with Crippen molar-refractivity contribution in [1.82, 2.24) is 9.97 Å². The molecule has 0 aliphatic carbocycles. The number of aliphatic hydroxyl groups excluding tert-OH is 1. The molecular weight excluding hydrogens is 408 g/mol. The number of carbonyl (C=O) groups is 1. The van der Waals surface area contributed by atoms with Crippen LogP contribution < -0.4 is 4.74 Å². The van der Waals surface area contributed by atoms with Crippen molar-refractivity contribution in [1.29, 1.82) is 0 Å². The smallest absolute Gasteiger partial charge is 0.332 e.